The molecule has 9 aromatic carbocycles. The maximum absolute atomic E-state index is 8.49. The van der Waals surface area contributed by atoms with Gasteiger partial charge < -0.3 is 4.42 Å². The van der Waals surface area contributed by atoms with E-state index in [0.29, 0.717) is 5.56 Å². The fourth-order valence-electron chi connectivity index (χ4n) is 7.40. The van der Waals surface area contributed by atoms with Crippen molar-refractivity contribution in [3.05, 3.63) is 170 Å². The number of rotatable bonds is 3. The van der Waals surface area contributed by atoms with Gasteiger partial charge in [0.15, 0.2) is 0 Å². The van der Waals surface area contributed by atoms with E-state index in [0.717, 1.165) is 76.3 Å². The van der Waals surface area contributed by atoms with E-state index in [9.17, 15) is 0 Å². The topological polar surface area (TPSA) is 13.1 Å². The highest BCUT2D eigenvalue weighted by molar-refractivity contribution is 6.26. The highest BCUT2D eigenvalue weighted by atomic mass is 16.3. The molecule has 0 spiro atoms. The SMILES string of the molecule is [2H]c1c([2H])c([2H])c(-c2ccc3cc(-c4c5ccccc5c(-c5cccc6oc7cc8ccccc8cc7c56)c5ccccc45)ccc3c2)c([2H])c1[2H]. The van der Waals surface area contributed by atoms with Crippen molar-refractivity contribution >= 4 is 65.0 Å². The summed E-state index contributed by atoms with van der Waals surface area (Å²) in [6.07, 6.45) is 0. The molecule has 1 aromatic heterocycles. The standard InChI is InChI=1S/C46H28O/c1-2-11-29(12-3-1)32-21-22-34-26-35(24-23-33(34)25-32)44-36-15-6-8-17-38(36)45(39-18-9-7-16-37(39)44)40-19-10-20-42-46(40)41-27-30-13-4-5-14-31(30)28-43(41)47-42/h1-28H/i1D,2D,3D,11D,12D. The largest absolute Gasteiger partial charge is 0.456 e. The van der Waals surface area contributed by atoms with Gasteiger partial charge in [0.25, 0.3) is 0 Å². The Hall–Kier alpha value is -6.18. The smallest absolute Gasteiger partial charge is 0.136 e. The van der Waals surface area contributed by atoms with Gasteiger partial charge in [-0.3, -0.25) is 0 Å². The summed E-state index contributed by atoms with van der Waals surface area (Å²) in [5, 5.41) is 11.0. The molecular weight excluding hydrogens is 569 g/mol. The highest BCUT2D eigenvalue weighted by Gasteiger charge is 2.20. The van der Waals surface area contributed by atoms with Gasteiger partial charge in [0.1, 0.15) is 11.2 Å². The average Bonchev–Trinajstić information content (AvgIpc) is 3.55. The molecule has 0 aliphatic heterocycles. The molecule has 10 aromatic rings. The molecule has 0 amide bonds. The molecule has 1 heterocycles. The van der Waals surface area contributed by atoms with E-state index in [-0.39, 0.29) is 29.7 Å². The van der Waals surface area contributed by atoms with Crippen LogP contribution < -0.4 is 0 Å². The molecule has 0 aliphatic rings. The van der Waals surface area contributed by atoms with Gasteiger partial charge >= 0.3 is 0 Å². The second kappa shape index (κ2) is 10.2. The molecule has 10 rings (SSSR count). The van der Waals surface area contributed by atoms with Crippen LogP contribution >= 0.6 is 0 Å². The monoisotopic (exact) mass is 601 g/mol. The molecule has 1 nitrogen and oxygen atoms in total. The molecular formula is C46H28O. The predicted molar refractivity (Wildman–Crippen MR) is 200 cm³/mol. The predicted octanol–water partition coefficient (Wildman–Crippen LogP) is 13.2. The van der Waals surface area contributed by atoms with Crippen molar-refractivity contribution < 1.29 is 11.3 Å². The first-order valence-corrected chi connectivity index (χ1v) is 15.8. The Morgan fingerprint density at radius 1 is 0.383 bits per heavy atom. The maximum atomic E-state index is 8.49. The van der Waals surface area contributed by atoms with Crippen molar-refractivity contribution in [3.63, 3.8) is 0 Å². The molecule has 0 saturated carbocycles. The van der Waals surface area contributed by atoms with Gasteiger partial charge in [-0.15, -0.1) is 0 Å². The lowest BCUT2D eigenvalue weighted by Gasteiger charge is -2.18. The van der Waals surface area contributed by atoms with E-state index in [1.807, 2.05) is 18.2 Å². The summed E-state index contributed by atoms with van der Waals surface area (Å²) in [5.74, 6) is 0. The lowest BCUT2D eigenvalue weighted by atomic mass is 9.84. The minimum absolute atomic E-state index is 0.201. The Labute approximate surface area is 279 Å². The Morgan fingerprint density at radius 3 is 1.66 bits per heavy atom. The van der Waals surface area contributed by atoms with E-state index < -0.39 is 6.04 Å². The van der Waals surface area contributed by atoms with Crippen LogP contribution in [0.5, 0.6) is 0 Å². The third-order valence-electron chi connectivity index (χ3n) is 9.48. The molecule has 0 unspecified atom stereocenters. The number of hydrogen-bond acceptors (Lipinski definition) is 1. The fourth-order valence-corrected chi connectivity index (χ4v) is 7.40. The van der Waals surface area contributed by atoms with Gasteiger partial charge in [-0.05, 0) is 107 Å². The van der Waals surface area contributed by atoms with Gasteiger partial charge in [0.2, 0.25) is 0 Å². The molecule has 0 radical (unpaired) electrons. The van der Waals surface area contributed by atoms with Crippen molar-refractivity contribution in [1.29, 1.82) is 0 Å². The normalized spacial score (nSPS) is 13.3. The van der Waals surface area contributed by atoms with Crippen molar-refractivity contribution in [2.24, 2.45) is 0 Å². The van der Waals surface area contributed by atoms with Crippen molar-refractivity contribution in [1.82, 2.24) is 0 Å². The first kappa shape index (κ1) is 21.5. The molecule has 0 bridgehead atoms. The summed E-state index contributed by atoms with van der Waals surface area (Å²) in [7, 11) is 0. The quantitative estimate of drug-likeness (QED) is 0.184. The van der Waals surface area contributed by atoms with Crippen LogP contribution in [0.1, 0.15) is 6.85 Å². The van der Waals surface area contributed by atoms with Crippen LogP contribution in [-0.2, 0) is 0 Å². The Kier molecular flexibility index (Phi) is 4.66. The summed E-state index contributed by atoms with van der Waals surface area (Å²) in [4.78, 5) is 0. The Bertz CT molecular complexity index is 3050. The molecule has 0 N–H and O–H groups in total. The van der Waals surface area contributed by atoms with Gasteiger partial charge in [0, 0.05) is 10.8 Å². The van der Waals surface area contributed by atoms with Crippen LogP contribution in [0.4, 0.5) is 0 Å². The van der Waals surface area contributed by atoms with E-state index in [2.05, 4.69) is 121 Å². The number of furan rings is 1. The van der Waals surface area contributed by atoms with Gasteiger partial charge in [-0.1, -0.05) is 139 Å². The molecule has 0 aliphatic carbocycles. The van der Waals surface area contributed by atoms with Gasteiger partial charge in [0.05, 0.1) is 6.85 Å². The van der Waals surface area contributed by atoms with E-state index in [1.165, 1.54) is 10.9 Å². The first-order valence-electron chi connectivity index (χ1n) is 18.3. The summed E-state index contributed by atoms with van der Waals surface area (Å²) >= 11 is 0. The van der Waals surface area contributed by atoms with Crippen LogP contribution in [0.15, 0.2) is 174 Å². The minimum atomic E-state index is -0.391. The van der Waals surface area contributed by atoms with E-state index in [1.54, 1.807) is 0 Å². The number of hydrogen-bond donors (Lipinski definition) is 0. The van der Waals surface area contributed by atoms with Crippen LogP contribution in [-0.4, -0.2) is 0 Å². The van der Waals surface area contributed by atoms with Crippen LogP contribution in [0, 0.1) is 0 Å². The van der Waals surface area contributed by atoms with Gasteiger partial charge in [-0.2, -0.15) is 0 Å². The first-order chi connectivity index (χ1) is 25.4. The highest BCUT2D eigenvalue weighted by Crippen LogP contribution is 2.47. The fraction of sp³-hybridized carbons (Fsp3) is 0. The third-order valence-corrected chi connectivity index (χ3v) is 9.48. The average molecular weight is 602 g/mol. The Morgan fingerprint density at radius 2 is 0.957 bits per heavy atom. The lowest BCUT2D eigenvalue weighted by Crippen LogP contribution is -1.91. The van der Waals surface area contributed by atoms with Crippen molar-refractivity contribution in [2.75, 3.05) is 0 Å². The summed E-state index contributed by atoms with van der Waals surface area (Å²) in [6.45, 7) is 0. The summed E-state index contributed by atoms with van der Waals surface area (Å²) < 4.78 is 47.8. The summed E-state index contributed by atoms with van der Waals surface area (Å²) in [5.41, 5.74) is 7.03. The van der Waals surface area contributed by atoms with Crippen LogP contribution in [0.2, 0.25) is 0 Å². The van der Waals surface area contributed by atoms with E-state index in [4.69, 9.17) is 11.3 Å². The van der Waals surface area contributed by atoms with Crippen LogP contribution in [0.25, 0.3) is 98.4 Å². The second-order valence-corrected chi connectivity index (χ2v) is 12.1. The zero-order valence-electron chi connectivity index (χ0n) is 30.2. The lowest BCUT2D eigenvalue weighted by molar-refractivity contribution is 0.669. The molecule has 0 saturated heterocycles. The van der Waals surface area contributed by atoms with Gasteiger partial charge in [-0.25, -0.2) is 0 Å². The van der Waals surface area contributed by atoms with Crippen LogP contribution in [0.3, 0.4) is 0 Å². The number of fused-ring (bicyclic) bond motifs is 7. The molecule has 1 heteroatoms. The third kappa shape index (κ3) is 4.03. The zero-order valence-corrected chi connectivity index (χ0v) is 25.2. The number of benzene rings is 9. The zero-order chi connectivity index (χ0) is 35.2. The molecule has 0 atom stereocenters. The second-order valence-electron chi connectivity index (χ2n) is 12.1. The summed E-state index contributed by atoms with van der Waals surface area (Å²) in [6, 6.07) is 47.0. The molecule has 47 heavy (non-hydrogen) atoms. The van der Waals surface area contributed by atoms with Crippen molar-refractivity contribution in [3.8, 4) is 33.4 Å². The molecule has 218 valence electrons. The maximum Gasteiger partial charge on any atom is 0.136 e. The van der Waals surface area contributed by atoms with E-state index >= 15 is 0 Å². The Balaban J connectivity index is 1.21. The molecule has 0 fully saturated rings. The van der Waals surface area contributed by atoms with Crippen molar-refractivity contribution in [2.45, 2.75) is 0 Å². The minimum Gasteiger partial charge on any atom is -0.456 e.